The maximum atomic E-state index is 5.73. The summed E-state index contributed by atoms with van der Waals surface area (Å²) in [6.07, 6.45) is 3.47. The number of hydrogen-bond donors (Lipinski definition) is 1. The van der Waals surface area contributed by atoms with Crippen molar-refractivity contribution in [3.63, 3.8) is 0 Å². The Bertz CT molecular complexity index is 326. The van der Waals surface area contributed by atoms with Gasteiger partial charge in [0.15, 0.2) is 0 Å². The molecule has 1 aromatic carbocycles. The monoisotopic (exact) mass is 236 g/mol. The number of nitrogens with zero attached hydrogens (tertiary/aromatic N) is 1. The van der Waals surface area contributed by atoms with Crippen LogP contribution in [0.3, 0.4) is 0 Å². The van der Waals surface area contributed by atoms with Crippen LogP contribution in [-0.2, 0) is 0 Å². The number of rotatable bonds is 7. The van der Waals surface area contributed by atoms with Crippen LogP contribution in [0.4, 0.5) is 5.69 Å². The van der Waals surface area contributed by atoms with E-state index in [0.717, 1.165) is 18.7 Å². The minimum atomic E-state index is 0.317. The van der Waals surface area contributed by atoms with Crippen molar-refractivity contribution >= 4 is 5.69 Å². The SMILES string of the molecule is COc1cccc(N(C)CCCCC(C)N)c1. The van der Waals surface area contributed by atoms with E-state index in [2.05, 4.69) is 31.0 Å². The smallest absolute Gasteiger partial charge is 0.120 e. The molecule has 1 unspecified atom stereocenters. The molecular formula is C14H24N2O. The third-order valence-corrected chi connectivity index (χ3v) is 2.90. The molecule has 2 N–H and O–H groups in total. The molecule has 3 heteroatoms. The van der Waals surface area contributed by atoms with E-state index in [1.807, 2.05) is 12.1 Å². The van der Waals surface area contributed by atoms with Gasteiger partial charge in [-0.05, 0) is 31.9 Å². The molecule has 1 rings (SSSR count). The molecule has 17 heavy (non-hydrogen) atoms. The largest absolute Gasteiger partial charge is 0.497 e. The van der Waals surface area contributed by atoms with Gasteiger partial charge in [0.1, 0.15) is 5.75 Å². The van der Waals surface area contributed by atoms with Crippen LogP contribution in [0.1, 0.15) is 26.2 Å². The van der Waals surface area contributed by atoms with Crippen LogP contribution in [-0.4, -0.2) is 26.7 Å². The average Bonchev–Trinajstić information content (AvgIpc) is 2.34. The van der Waals surface area contributed by atoms with Gasteiger partial charge in [-0.15, -0.1) is 0 Å². The molecule has 0 heterocycles. The zero-order valence-electron chi connectivity index (χ0n) is 11.1. The van der Waals surface area contributed by atoms with Crippen LogP contribution >= 0.6 is 0 Å². The summed E-state index contributed by atoms with van der Waals surface area (Å²) in [4.78, 5) is 2.25. The molecule has 0 aliphatic heterocycles. The van der Waals surface area contributed by atoms with Crippen molar-refractivity contribution in [2.45, 2.75) is 32.2 Å². The Kier molecular flexibility index (Phi) is 5.84. The van der Waals surface area contributed by atoms with Crippen LogP contribution in [0, 0.1) is 0 Å². The van der Waals surface area contributed by atoms with Crippen LogP contribution in [0.25, 0.3) is 0 Å². The van der Waals surface area contributed by atoms with Gasteiger partial charge in [0.05, 0.1) is 7.11 Å². The fourth-order valence-electron chi connectivity index (χ4n) is 1.79. The Balaban J connectivity index is 2.38. The summed E-state index contributed by atoms with van der Waals surface area (Å²) in [5, 5.41) is 0. The minimum absolute atomic E-state index is 0.317. The van der Waals surface area contributed by atoms with Crippen molar-refractivity contribution in [3.8, 4) is 5.75 Å². The summed E-state index contributed by atoms with van der Waals surface area (Å²) < 4.78 is 5.22. The Morgan fingerprint density at radius 1 is 1.35 bits per heavy atom. The molecule has 0 bridgehead atoms. The fourth-order valence-corrected chi connectivity index (χ4v) is 1.79. The first kappa shape index (κ1) is 13.8. The van der Waals surface area contributed by atoms with Gasteiger partial charge in [-0.3, -0.25) is 0 Å². The number of nitrogens with two attached hydrogens (primary N) is 1. The highest BCUT2D eigenvalue weighted by Crippen LogP contribution is 2.20. The van der Waals surface area contributed by atoms with E-state index in [1.165, 1.54) is 18.5 Å². The third-order valence-electron chi connectivity index (χ3n) is 2.90. The summed E-state index contributed by atoms with van der Waals surface area (Å²) in [7, 11) is 3.81. The van der Waals surface area contributed by atoms with Gasteiger partial charge in [0.25, 0.3) is 0 Å². The lowest BCUT2D eigenvalue weighted by Crippen LogP contribution is -2.20. The predicted octanol–water partition coefficient (Wildman–Crippen LogP) is 2.65. The Labute approximate surface area is 105 Å². The maximum absolute atomic E-state index is 5.73. The molecule has 0 aromatic heterocycles. The number of benzene rings is 1. The van der Waals surface area contributed by atoms with E-state index in [1.54, 1.807) is 7.11 Å². The topological polar surface area (TPSA) is 38.5 Å². The highest BCUT2D eigenvalue weighted by atomic mass is 16.5. The van der Waals surface area contributed by atoms with Crippen molar-refractivity contribution in [2.24, 2.45) is 5.73 Å². The highest BCUT2D eigenvalue weighted by molar-refractivity contribution is 5.49. The lowest BCUT2D eigenvalue weighted by atomic mass is 10.1. The lowest BCUT2D eigenvalue weighted by Gasteiger charge is -2.20. The van der Waals surface area contributed by atoms with Gasteiger partial charge in [0.2, 0.25) is 0 Å². The van der Waals surface area contributed by atoms with E-state index < -0.39 is 0 Å². The van der Waals surface area contributed by atoms with Gasteiger partial charge in [-0.1, -0.05) is 12.5 Å². The molecule has 1 atom stereocenters. The van der Waals surface area contributed by atoms with E-state index in [-0.39, 0.29) is 0 Å². The molecule has 0 aliphatic rings. The number of unbranched alkanes of at least 4 members (excludes halogenated alkanes) is 1. The van der Waals surface area contributed by atoms with Crippen LogP contribution in [0.2, 0.25) is 0 Å². The molecule has 96 valence electrons. The first-order chi connectivity index (χ1) is 8.13. The van der Waals surface area contributed by atoms with Gasteiger partial charge in [-0.2, -0.15) is 0 Å². The van der Waals surface area contributed by atoms with Crippen molar-refractivity contribution in [2.75, 3.05) is 25.6 Å². The first-order valence-corrected chi connectivity index (χ1v) is 6.24. The normalized spacial score (nSPS) is 12.2. The number of hydrogen-bond acceptors (Lipinski definition) is 3. The fraction of sp³-hybridized carbons (Fsp3) is 0.571. The minimum Gasteiger partial charge on any atom is -0.497 e. The standard InChI is InChI=1S/C14H24N2O/c1-12(15)7-4-5-10-16(2)13-8-6-9-14(11-13)17-3/h6,8-9,11-12H,4-5,7,10,15H2,1-3H3. The van der Waals surface area contributed by atoms with E-state index >= 15 is 0 Å². The third kappa shape index (κ3) is 5.09. The highest BCUT2D eigenvalue weighted by Gasteiger charge is 2.02. The number of methoxy groups -OCH3 is 1. The molecule has 1 aromatic rings. The summed E-state index contributed by atoms with van der Waals surface area (Å²) in [6, 6.07) is 8.47. The van der Waals surface area contributed by atoms with Crippen molar-refractivity contribution in [1.82, 2.24) is 0 Å². The predicted molar refractivity (Wildman–Crippen MR) is 73.8 cm³/mol. The summed E-state index contributed by atoms with van der Waals surface area (Å²) >= 11 is 0. The molecule has 0 saturated carbocycles. The lowest BCUT2D eigenvalue weighted by molar-refractivity contribution is 0.415. The molecular weight excluding hydrogens is 212 g/mol. The zero-order chi connectivity index (χ0) is 12.7. The van der Waals surface area contributed by atoms with Crippen LogP contribution < -0.4 is 15.4 Å². The van der Waals surface area contributed by atoms with Crippen LogP contribution in [0.5, 0.6) is 5.75 Å². The Morgan fingerprint density at radius 2 is 2.12 bits per heavy atom. The second-order valence-electron chi connectivity index (χ2n) is 4.60. The van der Waals surface area contributed by atoms with Gasteiger partial charge < -0.3 is 15.4 Å². The summed E-state index contributed by atoms with van der Waals surface area (Å²) in [5.74, 6) is 0.907. The van der Waals surface area contributed by atoms with Crippen LogP contribution in [0.15, 0.2) is 24.3 Å². The molecule has 3 nitrogen and oxygen atoms in total. The molecule has 0 fully saturated rings. The maximum Gasteiger partial charge on any atom is 0.120 e. The average molecular weight is 236 g/mol. The van der Waals surface area contributed by atoms with Crippen molar-refractivity contribution in [1.29, 1.82) is 0 Å². The van der Waals surface area contributed by atoms with Gasteiger partial charge in [-0.25, -0.2) is 0 Å². The van der Waals surface area contributed by atoms with E-state index in [4.69, 9.17) is 10.5 Å². The van der Waals surface area contributed by atoms with Gasteiger partial charge in [0, 0.05) is 31.4 Å². The quantitative estimate of drug-likeness (QED) is 0.740. The van der Waals surface area contributed by atoms with Crippen molar-refractivity contribution in [3.05, 3.63) is 24.3 Å². The second-order valence-corrected chi connectivity index (χ2v) is 4.60. The van der Waals surface area contributed by atoms with Crippen molar-refractivity contribution < 1.29 is 4.74 Å². The second kappa shape index (κ2) is 7.17. The Hall–Kier alpha value is -1.22. The molecule has 0 amide bonds. The molecule has 0 radical (unpaired) electrons. The van der Waals surface area contributed by atoms with Gasteiger partial charge >= 0.3 is 0 Å². The van der Waals surface area contributed by atoms with E-state index in [9.17, 15) is 0 Å². The number of ether oxygens (including phenoxy) is 1. The Morgan fingerprint density at radius 3 is 2.76 bits per heavy atom. The zero-order valence-corrected chi connectivity index (χ0v) is 11.1. The van der Waals surface area contributed by atoms with E-state index in [0.29, 0.717) is 6.04 Å². The number of anilines is 1. The molecule has 0 saturated heterocycles. The summed E-state index contributed by atoms with van der Waals surface area (Å²) in [6.45, 7) is 3.12. The first-order valence-electron chi connectivity index (χ1n) is 6.24. The summed E-state index contributed by atoms with van der Waals surface area (Å²) in [5.41, 5.74) is 6.93. The molecule has 0 spiro atoms. The molecule has 0 aliphatic carbocycles.